The highest BCUT2D eigenvalue weighted by Gasteiger charge is 2.28. The molecule has 0 saturated heterocycles. The zero-order valence-corrected chi connectivity index (χ0v) is 10.5. The highest BCUT2D eigenvalue weighted by atomic mass is 16.5. The lowest BCUT2D eigenvalue weighted by Crippen LogP contribution is -2.32. The minimum absolute atomic E-state index is 0.130. The Morgan fingerprint density at radius 2 is 2.00 bits per heavy atom. The van der Waals surface area contributed by atoms with Gasteiger partial charge in [0.1, 0.15) is 0 Å². The first kappa shape index (κ1) is 12.6. The van der Waals surface area contributed by atoms with Crippen LogP contribution in [0.4, 0.5) is 0 Å². The second-order valence-electron chi connectivity index (χ2n) is 5.12. The van der Waals surface area contributed by atoms with Crippen LogP contribution in [0.5, 0.6) is 0 Å². The average Bonchev–Trinajstić information content (AvgIpc) is 2.36. The number of hydrogen-bond donors (Lipinski definition) is 1. The molecule has 1 aliphatic carbocycles. The lowest BCUT2D eigenvalue weighted by atomic mass is 9.79. The topological polar surface area (TPSA) is 29.5 Å². The van der Waals surface area contributed by atoms with E-state index < -0.39 is 0 Å². The van der Waals surface area contributed by atoms with Crippen molar-refractivity contribution in [3.05, 3.63) is 35.9 Å². The molecule has 1 fully saturated rings. The van der Waals surface area contributed by atoms with Gasteiger partial charge in [0.15, 0.2) is 0 Å². The molecule has 2 heteroatoms. The molecule has 0 bridgehead atoms. The predicted octanol–water partition coefficient (Wildman–Crippen LogP) is 3.00. The lowest BCUT2D eigenvalue weighted by molar-refractivity contribution is -0.00646. The van der Waals surface area contributed by atoms with E-state index in [0.717, 1.165) is 19.4 Å². The summed E-state index contributed by atoms with van der Waals surface area (Å²) in [7, 11) is 0. The van der Waals surface area contributed by atoms with Gasteiger partial charge in [0.05, 0.1) is 19.3 Å². The van der Waals surface area contributed by atoms with Crippen LogP contribution in [0.2, 0.25) is 0 Å². The summed E-state index contributed by atoms with van der Waals surface area (Å²) in [6, 6.07) is 10.2. The molecule has 0 aromatic heterocycles. The van der Waals surface area contributed by atoms with Gasteiger partial charge >= 0.3 is 0 Å². The molecule has 1 aromatic rings. The van der Waals surface area contributed by atoms with Gasteiger partial charge < -0.3 is 9.84 Å². The summed E-state index contributed by atoms with van der Waals surface area (Å²) in [6.45, 7) is 3.59. The Morgan fingerprint density at radius 1 is 1.24 bits per heavy atom. The molecular formula is C15H22O2. The van der Waals surface area contributed by atoms with E-state index >= 15 is 0 Å². The van der Waals surface area contributed by atoms with Crippen molar-refractivity contribution < 1.29 is 9.84 Å². The Bertz CT molecular complexity index is 323. The Balaban J connectivity index is 1.75. The number of benzene rings is 1. The van der Waals surface area contributed by atoms with E-state index in [0.29, 0.717) is 18.4 Å². The second-order valence-corrected chi connectivity index (χ2v) is 5.12. The maximum absolute atomic E-state index is 9.81. The van der Waals surface area contributed by atoms with E-state index in [4.69, 9.17) is 4.74 Å². The van der Waals surface area contributed by atoms with Crippen LogP contribution in [-0.2, 0) is 11.3 Å². The van der Waals surface area contributed by atoms with Crippen molar-refractivity contribution in [2.45, 2.75) is 38.9 Å². The third kappa shape index (κ3) is 3.55. The van der Waals surface area contributed by atoms with Gasteiger partial charge in [0.2, 0.25) is 0 Å². The molecule has 2 rings (SSSR count). The van der Waals surface area contributed by atoms with Crippen molar-refractivity contribution >= 4 is 0 Å². The van der Waals surface area contributed by atoms with E-state index in [1.807, 2.05) is 18.2 Å². The molecule has 1 aliphatic rings. The Kier molecular flexibility index (Phi) is 4.57. The van der Waals surface area contributed by atoms with Crippen LogP contribution in [0.15, 0.2) is 30.3 Å². The number of aliphatic hydroxyl groups is 1. The Hall–Kier alpha value is -0.860. The molecule has 1 N–H and O–H groups in total. The molecule has 0 aliphatic heterocycles. The summed E-state index contributed by atoms with van der Waals surface area (Å²) in [5.74, 6) is 0.891. The van der Waals surface area contributed by atoms with E-state index in [1.54, 1.807) is 0 Å². The van der Waals surface area contributed by atoms with E-state index in [1.165, 1.54) is 12.0 Å². The predicted molar refractivity (Wildman–Crippen MR) is 68.6 cm³/mol. The van der Waals surface area contributed by atoms with Crippen LogP contribution >= 0.6 is 0 Å². The molecule has 0 spiro atoms. The fraction of sp³-hybridized carbons (Fsp3) is 0.600. The van der Waals surface area contributed by atoms with Crippen LogP contribution in [0.25, 0.3) is 0 Å². The number of ether oxygens (including phenoxy) is 1. The quantitative estimate of drug-likeness (QED) is 0.867. The number of rotatable bonds is 4. The van der Waals surface area contributed by atoms with Crippen molar-refractivity contribution in [1.82, 2.24) is 0 Å². The van der Waals surface area contributed by atoms with Crippen molar-refractivity contribution in [2.75, 3.05) is 6.61 Å². The largest absolute Gasteiger partial charge is 0.393 e. The summed E-state index contributed by atoms with van der Waals surface area (Å²) in [6.07, 6.45) is 3.14. The fourth-order valence-electron chi connectivity index (χ4n) is 2.57. The van der Waals surface area contributed by atoms with Crippen LogP contribution in [-0.4, -0.2) is 17.8 Å². The Labute approximate surface area is 104 Å². The highest BCUT2D eigenvalue weighted by Crippen LogP contribution is 2.30. The smallest absolute Gasteiger partial charge is 0.0717 e. The van der Waals surface area contributed by atoms with Crippen molar-refractivity contribution in [3.63, 3.8) is 0 Å². The summed E-state index contributed by atoms with van der Waals surface area (Å²) < 4.78 is 5.77. The number of aliphatic hydroxyl groups excluding tert-OH is 1. The molecule has 0 amide bonds. The van der Waals surface area contributed by atoms with E-state index in [9.17, 15) is 5.11 Å². The Morgan fingerprint density at radius 3 is 2.76 bits per heavy atom. The molecule has 1 aromatic carbocycles. The van der Waals surface area contributed by atoms with Gasteiger partial charge in [0.25, 0.3) is 0 Å². The maximum Gasteiger partial charge on any atom is 0.0717 e. The highest BCUT2D eigenvalue weighted by molar-refractivity contribution is 5.13. The van der Waals surface area contributed by atoms with Gasteiger partial charge in [-0.25, -0.2) is 0 Å². The van der Waals surface area contributed by atoms with Gasteiger partial charge in [0, 0.05) is 0 Å². The number of hydrogen-bond acceptors (Lipinski definition) is 2. The monoisotopic (exact) mass is 234 g/mol. The second kappa shape index (κ2) is 6.18. The molecule has 0 radical (unpaired) electrons. The molecule has 17 heavy (non-hydrogen) atoms. The first-order valence-corrected chi connectivity index (χ1v) is 6.57. The summed E-state index contributed by atoms with van der Waals surface area (Å²) in [5.41, 5.74) is 1.22. The molecule has 1 saturated carbocycles. The molecule has 94 valence electrons. The summed E-state index contributed by atoms with van der Waals surface area (Å²) in [5, 5.41) is 9.81. The van der Waals surface area contributed by atoms with Crippen LogP contribution in [0.1, 0.15) is 31.7 Å². The van der Waals surface area contributed by atoms with Crippen LogP contribution in [0, 0.1) is 11.8 Å². The van der Waals surface area contributed by atoms with Crippen molar-refractivity contribution in [2.24, 2.45) is 11.8 Å². The molecular weight excluding hydrogens is 212 g/mol. The maximum atomic E-state index is 9.81. The zero-order valence-electron chi connectivity index (χ0n) is 10.5. The van der Waals surface area contributed by atoms with Gasteiger partial charge in [-0.2, -0.15) is 0 Å². The molecule has 0 unspecified atom stereocenters. The third-order valence-electron chi connectivity index (χ3n) is 3.87. The normalized spacial score (nSPS) is 29.2. The SMILES string of the molecule is C[C@@H]1[C@@H](COCc2ccccc2)CCC[C@H]1O. The minimum atomic E-state index is -0.130. The van der Waals surface area contributed by atoms with Gasteiger partial charge in [-0.15, -0.1) is 0 Å². The van der Waals surface area contributed by atoms with Crippen LogP contribution in [0.3, 0.4) is 0 Å². The summed E-state index contributed by atoms with van der Waals surface area (Å²) in [4.78, 5) is 0. The third-order valence-corrected chi connectivity index (χ3v) is 3.87. The summed E-state index contributed by atoms with van der Waals surface area (Å²) >= 11 is 0. The lowest BCUT2D eigenvalue weighted by Gasteiger charge is -2.32. The first-order chi connectivity index (χ1) is 8.27. The minimum Gasteiger partial charge on any atom is -0.393 e. The van der Waals surface area contributed by atoms with E-state index in [-0.39, 0.29) is 6.10 Å². The first-order valence-electron chi connectivity index (χ1n) is 6.57. The van der Waals surface area contributed by atoms with Gasteiger partial charge in [-0.3, -0.25) is 0 Å². The van der Waals surface area contributed by atoms with Gasteiger partial charge in [-0.1, -0.05) is 43.7 Å². The van der Waals surface area contributed by atoms with Crippen molar-refractivity contribution in [3.8, 4) is 0 Å². The molecule has 2 nitrogen and oxygen atoms in total. The zero-order chi connectivity index (χ0) is 12.1. The standard InChI is InChI=1S/C15H22O2/c1-12-14(8-5-9-15(12)16)11-17-10-13-6-3-2-4-7-13/h2-4,6-7,12,14-16H,5,8-11H2,1H3/t12-,14-,15-/m1/s1. The van der Waals surface area contributed by atoms with Gasteiger partial charge in [-0.05, 0) is 30.2 Å². The molecule has 3 atom stereocenters. The van der Waals surface area contributed by atoms with Crippen molar-refractivity contribution in [1.29, 1.82) is 0 Å². The molecule has 0 heterocycles. The average molecular weight is 234 g/mol. The fourth-order valence-corrected chi connectivity index (χ4v) is 2.57. The van der Waals surface area contributed by atoms with Crippen LogP contribution < -0.4 is 0 Å². The van der Waals surface area contributed by atoms with E-state index in [2.05, 4.69) is 19.1 Å².